The van der Waals surface area contributed by atoms with Crippen LogP contribution in [0.2, 0.25) is 10.0 Å². The van der Waals surface area contributed by atoms with Gasteiger partial charge in [-0.3, -0.25) is 9.10 Å². The lowest BCUT2D eigenvalue weighted by Gasteiger charge is -2.19. The molecular weight excluding hydrogens is 419 g/mol. The van der Waals surface area contributed by atoms with Gasteiger partial charge < -0.3 is 5.32 Å². The first-order chi connectivity index (χ1) is 13.3. The van der Waals surface area contributed by atoms with E-state index in [1.807, 2.05) is 0 Å². The fourth-order valence-electron chi connectivity index (χ4n) is 2.46. The number of halogens is 2. The van der Waals surface area contributed by atoms with E-state index < -0.39 is 10.0 Å². The number of anilines is 2. The number of nitrogens with one attached hydrogen (secondary N) is 1. The first-order valence-corrected chi connectivity index (χ1v) is 10.4. The van der Waals surface area contributed by atoms with Crippen LogP contribution in [0.15, 0.2) is 77.7 Å². The van der Waals surface area contributed by atoms with Crippen molar-refractivity contribution in [2.75, 3.05) is 16.7 Å². The molecule has 0 aliphatic heterocycles. The zero-order valence-electron chi connectivity index (χ0n) is 14.8. The van der Waals surface area contributed by atoms with Gasteiger partial charge in [0.25, 0.3) is 15.9 Å². The Bertz CT molecular complexity index is 1080. The van der Waals surface area contributed by atoms with Crippen molar-refractivity contribution in [3.63, 3.8) is 0 Å². The van der Waals surface area contributed by atoms with Crippen molar-refractivity contribution in [3.8, 4) is 0 Å². The summed E-state index contributed by atoms with van der Waals surface area (Å²) in [6, 6.07) is 19.0. The fraction of sp³-hybridized carbons (Fsp3) is 0.0500. The van der Waals surface area contributed by atoms with Crippen molar-refractivity contribution >= 4 is 50.5 Å². The molecule has 5 nitrogen and oxygen atoms in total. The zero-order valence-corrected chi connectivity index (χ0v) is 17.1. The molecule has 0 spiro atoms. The van der Waals surface area contributed by atoms with Crippen molar-refractivity contribution in [3.05, 3.63) is 88.4 Å². The average molecular weight is 435 g/mol. The Morgan fingerprint density at radius 1 is 0.821 bits per heavy atom. The SMILES string of the molecule is CN(c1ccc(C(=O)Nc2ccc(Cl)cc2)cc1)S(=O)(=O)c1ccc(Cl)cc1. The van der Waals surface area contributed by atoms with Crippen LogP contribution in [-0.2, 0) is 10.0 Å². The van der Waals surface area contributed by atoms with Crippen LogP contribution in [0.3, 0.4) is 0 Å². The van der Waals surface area contributed by atoms with Crippen LogP contribution in [0.25, 0.3) is 0 Å². The van der Waals surface area contributed by atoms with Gasteiger partial charge in [-0.2, -0.15) is 0 Å². The van der Waals surface area contributed by atoms with Gasteiger partial charge in [-0.05, 0) is 72.8 Å². The summed E-state index contributed by atoms with van der Waals surface area (Å²) in [6.45, 7) is 0. The first kappa shape index (κ1) is 20.2. The molecule has 0 aliphatic rings. The smallest absolute Gasteiger partial charge is 0.264 e. The summed E-state index contributed by atoms with van der Waals surface area (Å²) >= 11 is 11.6. The van der Waals surface area contributed by atoms with E-state index in [4.69, 9.17) is 23.2 Å². The Hall–Kier alpha value is -2.54. The van der Waals surface area contributed by atoms with Crippen molar-refractivity contribution in [1.29, 1.82) is 0 Å². The summed E-state index contributed by atoms with van der Waals surface area (Å²) in [5.41, 5.74) is 1.44. The van der Waals surface area contributed by atoms with Gasteiger partial charge in [-0.1, -0.05) is 23.2 Å². The Morgan fingerprint density at radius 2 is 1.32 bits per heavy atom. The number of carbonyl (C=O) groups excluding carboxylic acids is 1. The number of hydrogen-bond acceptors (Lipinski definition) is 3. The molecule has 1 amide bonds. The standard InChI is InChI=1S/C20H16Cl2N2O3S/c1-24(28(26,27)19-12-6-16(22)7-13-19)18-10-2-14(3-11-18)20(25)23-17-8-4-15(21)5-9-17/h2-13H,1H3,(H,23,25). The molecular formula is C20H16Cl2N2O3S. The molecule has 144 valence electrons. The second kappa shape index (κ2) is 8.22. The predicted molar refractivity (Wildman–Crippen MR) is 113 cm³/mol. The van der Waals surface area contributed by atoms with Crippen LogP contribution in [0.5, 0.6) is 0 Å². The third-order valence-electron chi connectivity index (χ3n) is 4.07. The van der Waals surface area contributed by atoms with Gasteiger partial charge in [-0.25, -0.2) is 8.42 Å². The average Bonchev–Trinajstić information content (AvgIpc) is 2.69. The van der Waals surface area contributed by atoms with E-state index in [-0.39, 0.29) is 10.8 Å². The highest BCUT2D eigenvalue weighted by Crippen LogP contribution is 2.24. The maximum atomic E-state index is 12.7. The minimum absolute atomic E-state index is 0.129. The van der Waals surface area contributed by atoms with Crippen LogP contribution < -0.4 is 9.62 Å². The maximum Gasteiger partial charge on any atom is 0.264 e. The molecule has 1 N–H and O–H groups in total. The van der Waals surface area contributed by atoms with Gasteiger partial charge in [0.15, 0.2) is 0 Å². The maximum absolute atomic E-state index is 12.7. The lowest BCUT2D eigenvalue weighted by atomic mass is 10.2. The summed E-state index contributed by atoms with van der Waals surface area (Å²) in [6.07, 6.45) is 0. The van der Waals surface area contributed by atoms with Gasteiger partial charge in [-0.15, -0.1) is 0 Å². The van der Waals surface area contributed by atoms with Gasteiger partial charge >= 0.3 is 0 Å². The molecule has 3 aromatic rings. The van der Waals surface area contributed by atoms with E-state index in [1.165, 1.54) is 31.3 Å². The molecule has 3 rings (SSSR count). The second-order valence-electron chi connectivity index (χ2n) is 5.93. The van der Waals surface area contributed by atoms with Crippen LogP contribution in [0.1, 0.15) is 10.4 Å². The fourth-order valence-corrected chi connectivity index (χ4v) is 3.91. The molecule has 8 heteroatoms. The number of carbonyl (C=O) groups is 1. The summed E-state index contributed by atoms with van der Waals surface area (Å²) < 4.78 is 26.6. The highest BCUT2D eigenvalue weighted by Gasteiger charge is 2.21. The monoisotopic (exact) mass is 434 g/mol. The van der Waals surface area contributed by atoms with Crippen molar-refractivity contribution < 1.29 is 13.2 Å². The molecule has 0 aromatic heterocycles. The molecule has 0 unspecified atom stereocenters. The topological polar surface area (TPSA) is 66.5 Å². The molecule has 28 heavy (non-hydrogen) atoms. The molecule has 0 saturated carbocycles. The zero-order chi connectivity index (χ0) is 20.3. The van der Waals surface area contributed by atoms with E-state index in [0.717, 1.165) is 4.31 Å². The Kier molecular flexibility index (Phi) is 5.93. The van der Waals surface area contributed by atoms with Crippen LogP contribution in [0.4, 0.5) is 11.4 Å². The lowest BCUT2D eigenvalue weighted by molar-refractivity contribution is 0.102. The number of amides is 1. The predicted octanol–water partition coefficient (Wildman–Crippen LogP) is 5.07. The molecule has 0 heterocycles. The lowest BCUT2D eigenvalue weighted by Crippen LogP contribution is -2.26. The third kappa shape index (κ3) is 4.47. The number of benzene rings is 3. The summed E-state index contributed by atoms with van der Waals surface area (Å²) in [7, 11) is -2.28. The van der Waals surface area contributed by atoms with E-state index in [0.29, 0.717) is 27.0 Å². The van der Waals surface area contributed by atoms with E-state index in [1.54, 1.807) is 48.5 Å². The Morgan fingerprint density at radius 3 is 1.86 bits per heavy atom. The molecule has 3 aromatic carbocycles. The van der Waals surface area contributed by atoms with Crippen molar-refractivity contribution in [1.82, 2.24) is 0 Å². The highest BCUT2D eigenvalue weighted by atomic mass is 35.5. The molecule has 0 saturated heterocycles. The molecule has 0 bridgehead atoms. The van der Waals surface area contributed by atoms with Crippen molar-refractivity contribution in [2.45, 2.75) is 4.90 Å². The molecule has 0 aliphatic carbocycles. The number of nitrogens with zero attached hydrogens (tertiary/aromatic N) is 1. The minimum atomic E-state index is -3.73. The Labute approximate surface area is 173 Å². The van der Waals surface area contributed by atoms with Crippen molar-refractivity contribution in [2.24, 2.45) is 0 Å². The normalized spacial score (nSPS) is 11.1. The number of hydrogen-bond donors (Lipinski definition) is 1. The van der Waals surface area contributed by atoms with Crippen LogP contribution in [-0.4, -0.2) is 21.4 Å². The van der Waals surface area contributed by atoms with E-state index >= 15 is 0 Å². The Balaban J connectivity index is 1.76. The first-order valence-electron chi connectivity index (χ1n) is 8.19. The summed E-state index contributed by atoms with van der Waals surface area (Å²) in [5, 5.41) is 3.79. The highest BCUT2D eigenvalue weighted by molar-refractivity contribution is 7.92. The molecule has 0 fully saturated rings. The molecule has 0 atom stereocenters. The third-order valence-corrected chi connectivity index (χ3v) is 6.37. The van der Waals surface area contributed by atoms with E-state index in [2.05, 4.69) is 5.32 Å². The molecule has 0 radical (unpaired) electrons. The number of sulfonamides is 1. The van der Waals surface area contributed by atoms with Crippen LogP contribution >= 0.6 is 23.2 Å². The van der Waals surface area contributed by atoms with Gasteiger partial charge in [0.1, 0.15) is 0 Å². The summed E-state index contributed by atoms with van der Waals surface area (Å²) in [5.74, 6) is -0.308. The van der Waals surface area contributed by atoms with Crippen LogP contribution in [0, 0.1) is 0 Å². The largest absolute Gasteiger partial charge is 0.322 e. The summed E-state index contributed by atoms with van der Waals surface area (Å²) in [4.78, 5) is 12.5. The second-order valence-corrected chi connectivity index (χ2v) is 8.78. The van der Waals surface area contributed by atoms with Gasteiger partial charge in [0, 0.05) is 28.3 Å². The quantitative estimate of drug-likeness (QED) is 0.609. The minimum Gasteiger partial charge on any atom is -0.322 e. The van der Waals surface area contributed by atoms with Gasteiger partial charge in [0.2, 0.25) is 0 Å². The van der Waals surface area contributed by atoms with E-state index in [9.17, 15) is 13.2 Å². The number of rotatable bonds is 5. The van der Waals surface area contributed by atoms with Gasteiger partial charge in [0.05, 0.1) is 10.6 Å².